The highest BCUT2D eigenvalue weighted by atomic mass is 16.5. The van der Waals surface area contributed by atoms with Crippen molar-refractivity contribution in [2.45, 2.75) is 26.9 Å². The summed E-state index contributed by atoms with van der Waals surface area (Å²) in [5.74, 6) is 0.673. The number of hydrogen-bond donors (Lipinski definition) is 0. The van der Waals surface area contributed by atoms with E-state index >= 15 is 0 Å². The van der Waals surface area contributed by atoms with Gasteiger partial charge in [0.1, 0.15) is 12.4 Å². The molecule has 0 aromatic heterocycles. The molecule has 0 N–H and O–H groups in total. The van der Waals surface area contributed by atoms with Crippen molar-refractivity contribution >= 4 is 18.4 Å². The first-order valence-corrected chi connectivity index (χ1v) is 7.21. The standard InChI is InChI=1S/C19H20O2/c1-3-8-18-16(4-2)11-12-17(13-20)19(18)21-14-15-9-6-5-7-10-15/h4-13H,3,14H2,1-2H3/b16-4-,18-8+. The molecular formula is C19H20O2. The number of aldehydes is 1. The molecule has 0 fully saturated rings. The molecule has 2 aromatic carbocycles. The third-order valence-electron chi connectivity index (χ3n) is 3.33. The summed E-state index contributed by atoms with van der Waals surface area (Å²) >= 11 is 0. The van der Waals surface area contributed by atoms with Crippen LogP contribution in [-0.4, -0.2) is 6.29 Å². The third kappa shape index (κ3) is 3.60. The molecule has 0 aliphatic rings. The molecule has 0 atom stereocenters. The number of carbonyl (C=O) groups is 1. The van der Waals surface area contributed by atoms with E-state index in [0.29, 0.717) is 17.9 Å². The molecule has 0 amide bonds. The second kappa shape index (κ2) is 7.44. The van der Waals surface area contributed by atoms with Gasteiger partial charge in [-0.2, -0.15) is 0 Å². The summed E-state index contributed by atoms with van der Waals surface area (Å²) in [5.41, 5.74) is 1.68. The number of ether oxygens (including phenoxy) is 1. The van der Waals surface area contributed by atoms with E-state index in [1.165, 1.54) is 0 Å². The highest BCUT2D eigenvalue weighted by Crippen LogP contribution is 2.12. The maximum Gasteiger partial charge on any atom is 0.153 e. The molecule has 2 aromatic rings. The van der Waals surface area contributed by atoms with E-state index in [-0.39, 0.29) is 0 Å². The van der Waals surface area contributed by atoms with Gasteiger partial charge in [0.25, 0.3) is 0 Å². The Morgan fingerprint density at radius 3 is 2.48 bits per heavy atom. The second-order valence-corrected chi connectivity index (χ2v) is 4.78. The topological polar surface area (TPSA) is 26.3 Å². The van der Waals surface area contributed by atoms with Gasteiger partial charge in [0.15, 0.2) is 6.29 Å². The molecule has 0 aliphatic heterocycles. The molecule has 0 aliphatic carbocycles. The first kappa shape index (κ1) is 15.0. The van der Waals surface area contributed by atoms with Crippen LogP contribution >= 0.6 is 0 Å². The van der Waals surface area contributed by atoms with Gasteiger partial charge < -0.3 is 4.74 Å². The number of carbonyl (C=O) groups excluding carboxylic acids is 1. The molecule has 0 radical (unpaired) electrons. The largest absolute Gasteiger partial charge is 0.488 e. The Hall–Kier alpha value is -2.35. The van der Waals surface area contributed by atoms with Gasteiger partial charge in [0.05, 0.1) is 5.56 Å². The van der Waals surface area contributed by atoms with Crippen LogP contribution in [0.1, 0.15) is 36.2 Å². The fourth-order valence-electron chi connectivity index (χ4n) is 2.28. The molecule has 0 heterocycles. The molecule has 108 valence electrons. The van der Waals surface area contributed by atoms with Gasteiger partial charge in [-0.15, -0.1) is 0 Å². The van der Waals surface area contributed by atoms with E-state index in [1.54, 1.807) is 0 Å². The van der Waals surface area contributed by atoms with E-state index in [9.17, 15) is 4.79 Å². The highest BCUT2D eigenvalue weighted by Gasteiger charge is 2.06. The summed E-state index contributed by atoms with van der Waals surface area (Å²) in [6.45, 7) is 4.53. The smallest absolute Gasteiger partial charge is 0.153 e. The minimum atomic E-state index is 0.458. The summed E-state index contributed by atoms with van der Waals surface area (Å²) in [4.78, 5) is 11.3. The van der Waals surface area contributed by atoms with E-state index in [0.717, 1.165) is 28.7 Å². The van der Waals surface area contributed by atoms with Crippen molar-refractivity contribution in [3.05, 3.63) is 64.0 Å². The lowest BCUT2D eigenvalue weighted by atomic mass is 10.1. The molecular weight excluding hydrogens is 260 g/mol. The molecule has 0 saturated carbocycles. The highest BCUT2D eigenvalue weighted by molar-refractivity contribution is 5.79. The van der Waals surface area contributed by atoms with Gasteiger partial charge in [-0.1, -0.05) is 55.5 Å². The maximum absolute atomic E-state index is 11.3. The number of rotatable bonds is 5. The van der Waals surface area contributed by atoms with Crippen molar-refractivity contribution in [3.8, 4) is 5.75 Å². The van der Waals surface area contributed by atoms with Gasteiger partial charge in [0.2, 0.25) is 0 Å². The molecule has 2 heteroatoms. The van der Waals surface area contributed by atoms with Crippen molar-refractivity contribution in [2.75, 3.05) is 0 Å². The Labute approximate surface area is 125 Å². The normalized spacial score (nSPS) is 12.5. The second-order valence-electron chi connectivity index (χ2n) is 4.78. The van der Waals surface area contributed by atoms with Crippen molar-refractivity contribution in [1.29, 1.82) is 0 Å². The monoisotopic (exact) mass is 280 g/mol. The summed E-state index contributed by atoms with van der Waals surface area (Å²) in [7, 11) is 0. The zero-order valence-electron chi connectivity index (χ0n) is 12.5. The predicted octanol–water partition coefficient (Wildman–Crippen LogP) is 3.07. The molecule has 0 bridgehead atoms. The van der Waals surface area contributed by atoms with Crippen LogP contribution in [0.15, 0.2) is 42.5 Å². The minimum absolute atomic E-state index is 0.458. The Bertz CT molecular complexity index is 715. The Balaban J connectivity index is 2.45. The summed E-state index contributed by atoms with van der Waals surface area (Å²) in [6.07, 6.45) is 5.88. The third-order valence-corrected chi connectivity index (χ3v) is 3.33. The van der Waals surface area contributed by atoms with Gasteiger partial charge in [-0.25, -0.2) is 0 Å². The van der Waals surface area contributed by atoms with Crippen LogP contribution in [0.5, 0.6) is 5.75 Å². The zero-order chi connectivity index (χ0) is 15.1. The lowest BCUT2D eigenvalue weighted by Gasteiger charge is -2.10. The Morgan fingerprint density at radius 1 is 1.10 bits per heavy atom. The van der Waals surface area contributed by atoms with Gasteiger partial charge in [-0.05, 0) is 30.2 Å². The zero-order valence-corrected chi connectivity index (χ0v) is 12.5. The van der Waals surface area contributed by atoms with Crippen LogP contribution in [0.25, 0.3) is 12.2 Å². The lowest BCUT2D eigenvalue weighted by Crippen LogP contribution is -2.27. The van der Waals surface area contributed by atoms with Crippen LogP contribution in [0.3, 0.4) is 0 Å². The first-order chi connectivity index (χ1) is 10.3. The number of benzene rings is 2. The van der Waals surface area contributed by atoms with Crippen molar-refractivity contribution in [1.82, 2.24) is 0 Å². The summed E-state index contributed by atoms with van der Waals surface area (Å²) in [6, 6.07) is 13.7. The van der Waals surface area contributed by atoms with E-state index in [1.807, 2.05) is 55.5 Å². The fraction of sp³-hybridized carbons (Fsp3) is 0.211. The van der Waals surface area contributed by atoms with Crippen LogP contribution in [0, 0.1) is 0 Å². The number of hydrogen-bond acceptors (Lipinski definition) is 2. The quantitative estimate of drug-likeness (QED) is 0.787. The summed E-state index contributed by atoms with van der Waals surface area (Å²) < 4.78 is 5.96. The Morgan fingerprint density at radius 2 is 1.86 bits per heavy atom. The molecule has 0 saturated heterocycles. The minimum Gasteiger partial charge on any atom is -0.488 e. The molecule has 21 heavy (non-hydrogen) atoms. The van der Waals surface area contributed by atoms with Gasteiger partial charge in [0, 0.05) is 5.22 Å². The Kier molecular flexibility index (Phi) is 5.33. The van der Waals surface area contributed by atoms with E-state index in [2.05, 4.69) is 13.0 Å². The summed E-state index contributed by atoms with van der Waals surface area (Å²) in [5, 5.41) is 2.09. The van der Waals surface area contributed by atoms with E-state index < -0.39 is 0 Å². The van der Waals surface area contributed by atoms with Crippen LogP contribution in [-0.2, 0) is 6.61 Å². The molecule has 2 nitrogen and oxygen atoms in total. The van der Waals surface area contributed by atoms with Crippen molar-refractivity contribution in [3.63, 3.8) is 0 Å². The van der Waals surface area contributed by atoms with Gasteiger partial charge in [-0.3, -0.25) is 4.79 Å². The SMILES string of the molecule is C/C=c1/ccc(C=O)c(OCc2ccccc2)/c1=C/CC. The maximum atomic E-state index is 11.3. The van der Waals surface area contributed by atoms with Crippen molar-refractivity contribution in [2.24, 2.45) is 0 Å². The molecule has 2 rings (SSSR count). The molecule has 0 unspecified atom stereocenters. The first-order valence-electron chi connectivity index (χ1n) is 7.21. The van der Waals surface area contributed by atoms with Crippen LogP contribution < -0.4 is 15.2 Å². The van der Waals surface area contributed by atoms with Crippen molar-refractivity contribution < 1.29 is 9.53 Å². The van der Waals surface area contributed by atoms with E-state index in [4.69, 9.17) is 4.74 Å². The van der Waals surface area contributed by atoms with Crippen LogP contribution in [0.2, 0.25) is 0 Å². The molecule has 0 spiro atoms. The van der Waals surface area contributed by atoms with Gasteiger partial charge >= 0.3 is 0 Å². The fourth-order valence-corrected chi connectivity index (χ4v) is 2.28. The predicted molar refractivity (Wildman–Crippen MR) is 86.7 cm³/mol. The lowest BCUT2D eigenvalue weighted by molar-refractivity contribution is 0.111. The average molecular weight is 280 g/mol. The van der Waals surface area contributed by atoms with Crippen LogP contribution in [0.4, 0.5) is 0 Å². The average Bonchev–Trinajstić information content (AvgIpc) is 2.54.